The smallest absolute Gasteiger partial charge is 0.312 e. The molecule has 0 amide bonds. The van der Waals surface area contributed by atoms with Crippen LogP contribution in [0.25, 0.3) is 0 Å². The van der Waals surface area contributed by atoms with Gasteiger partial charge in [-0.3, -0.25) is 4.79 Å². The SMILES string of the molecule is O=C(O)C1(C2(O)CCSCC2)CC2CCC1C2. The number of carboxylic acid groups (broad SMARTS) is 1. The molecule has 1 heterocycles. The molecule has 2 aliphatic carbocycles. The number of hydrogen-bond acceptors (Lipinski definition) is 3. The van der Waals surface area contributed by atoms with Crippen LogP contribution in [0.1, 0.15) is 38.5 Å². The largest absolute Gasteiger partial charge is 0.481 e. The molecular formula is C13H20O3S. The fourth-order valence-corrected chi connectivity index (χ4v) is 5.68. The summed E-state index contributed by atoms with van der Waals surface area (Å²) in [5, 5.41) is 20.7. The van der Waals surface area contributed by atoms with Gasteiger partial charge in [-0.05, 0) is 55.4 Å². The standard InChI is InChI=1S/C13H20O3S/c14-11(15)13(8-9-1-2-10(13)7-9)12(16)3-5-17-6-4-12/h9-10,16H,1-8H2,(H,14,15). The van der Waals surface area contributed by atoms with Crippen LogP contribution < -0.4 is 0 Å². The van der Waals surface area contributed by atoms with Crippen molar-refractivity contribution in [2.75, 3.05) is 11.5 Å². The Kier molecular flexibility index (Phi) is 2.71. The molecule has 0 aromatic carbocycles. The van der Waals surface area contributed by atoms with Crippen molar-refractivity contribution < 1.29 is 15.0 Å². The highest BCUT2D eigenvalue weighted by atomic mass is 32.2. The lowest BCUT2D eigenvalue weighted by molar-refractivity contribution is -0.180. The third kappa shape index (κ3) is 1.49. The molecule has 0 radical (unpaired) electrons. The number of aliphatic hydroxyl groups is 1. The summed E-state index contributed by atoms with van der Waals surface area (Å²) in [6.07, 6.45) is 5.24. The summed E-state index contributed by atoms with van der Waals surface area (Å²) in [4.78, 5) is 11.9. The summed E-state index contributed by atoms with van der Waals surface area (Å²) in [6.45, 7) is 0. The van der Waals surface area contributed by atoms with E-state index in [9.17, 15) is 15.0 Å². The predicted molar refractivity (Wildman–Crippen MR) is 67.0 cm³/mol. The first-order valence-electron chi connectivity index (χ1n) is 6.62. The lowest BCUT2D eigenvalue weighted by Gasteiger charge is -2.48. The molecule has 0 spiro atoms. The van der Waals surface area contributed by atoms with Crippen LogP contribution in [0.5, 0.6) is 0 Å². The van der Waals surface area contributed by atoms with Crippen LogP contribution in [0.15, 0.2) is 0 Å². The Balaban J connectivity index is 1.97. The molecule has 2 saturated carbocycles. The van der Waals surface area contributed by atoms with E-state index in [0.717, 1.165) is 24.3 Å². The quantitative estimate of drug-likeness (QED) is 0.794. The molecule has 3 atom stereocenters. The van der Waals surface area contributed by atoms with E-state index in [2.05, 4.69) is 0 Å². The van der Waals surface area contributed by atoms with Crippen LogP contribution in [-0.4, -0.2) is 33.3 Å². The fraction of sp³-hybridized carbons (Fsp3) is 0.923. The van der Waals surface area contributed by atoms with Crippen molar-refractivity contribution >= 4 is 17.7 Å². The molecule has 3 unspecified atom stereocenters. The van der Waals surface area contributed by atoms with E-state index in [4.69, 9.17) is 0 Å². The summed E-state index contributed by atoms with van der Waals surface area (Å²) in [6, 6.07) is 0. The van der Waals surface area contributed by atoms with Gasteiger partial charge in [0.2, 0.25) is 0 Å². The molecule has 1 saturated heterocycles. The summed E-state index contributed by atoms with van der Waals surface area (Å²) < 4.78 is 0. The van der Waals surface area contributed by atoms with E-state index >= 15 is 0 Å². The van der Waals surface area contributed by atoms with Crippen molar-refractivity contribution in [3.05, 3.63) is 0 Å². The second-order valence-electron chi connectivity index (χ2n) is 6.00. The first-order valence-corrected chi connectivity index (χ1v) is 7.77. The number of carboxylic acids is 1. The van der Waals surface area contributed by atoms with Gasteiger partial charge in [0, 0.05) is 0 Å². The Bertz CT molecular complexity index is 338. The van der Waals surface area contributed by atoms with Gasteiger partial charge in [0.05, 0.1) is 11.0 Å². The molecule has 2 bridgehead atoms. The van der Waals surface area contributed by atoms with Gasteiger partial charge in [-0.15, -0.1) is 0 Å². The van der Waals surface area contributed by atoms with Crippen molar-refractivity contribution in [3.63, 3.8) is 0 Å². The topological polar surface area (TPSA) is 57.5 Å². The second-order valence-corrected chi connectivity index (χ2v) is 7.23. The molecule has 1 aliphatic heterocycles. The Morgan fingerprint density at radius 2 is 1.94 bits per heavy atom. The van der Waals surface area contributed by atoms with Crippen LogP contribution in [0.2, 0.25) is 0 Å². The van der Waals surface area contributed by atoms with E-state index < -0.39 is 17.0 Å². The summed E-state index contributed by atoms with van der Waals surface area (Å²) >= 11 is 1.83. The van der Waals surface area contributed by atoms with Gasteiger partial charge < -0.3 is 10.2 Å². The van der Waals surface area contributed by atoms with Crippen LogP contribution in [0.4, 0.5) is 0 Å². The van der Waals surface area contributed by atoms with Crippen LogP contribution >= 0.6 is 11.8 Å². The number of thioether (sulfide) groups is 1. The normalized spacial score (nSPS) is 43.8. The van der Waals surface area contributed by atoms with E-state index in [0.29, 0.717) is 25.2 Å². The Labute approximate surface area is 106 Å². The monoisotopic (exact) mass is 256 g/mol. The molecule has 3 rings (SSSR count). The van der Waals surface area contributed by atoms with E-state index in [1.165, 1.54) is 6.42 Å². The van der Waals surface area contributed by atoms with Crippen molar-refractivity contribution in [2.45, 2.75) is 44.1 Å². The third-order valence-corrected chi connectivity index (χ3v) is 6.37. The molecule has 4 heteroatoms. The Morgan fingerprint density at radius 1 is 1.24 bits per heavy atom. The molecule has 96 valence electrons. The lowest BCUT2D eigenvalue weighted by Crippen LogP contribution is -2.57. The molecule has 2 N–H and O–H groups in total. The number of aliphatic carboxylic acids is 1. The first kappa shape index (κ1) is 11.8. The van der Waals surface area contributed by atoms with Gasteiger partial charge >= 0.3 is 5.97 Å². The summed E-state index contributed by atoms with van der Waals surface area (Å²) in [5.41, 5.74) is -1.76. The molecule has 0 aromatic rings. The molecular weight excluding hydrogens is 236 g/mol. The van der Waals surface area contributed by atoms with Crippen LogP contribution in [0, 0.1) is 17.3 Å². The van der Waals surface area contributed by atoms with Crippen LogP contribution in [0.3, 0.4) is 0 Å². The van der Waals surface area contributed by atoms with E-state index in [-0.39, 0.29) is 5.92 Å². The third-order valence-electron chi connectivity index (χ3n) is 5.38. The highest BCUT2D eigenvalue weighted by Crippen LogP contribution is 2.62. The van der Waals surface area contributed by atoms with Gasteiger partial charge in [0.15, 0.2) is 0 Å². The summed E-state index contributed by atoms with van der Waals surface area (Å²) in [7, 11) is 0. The van der Waals surface area contributed by atoms with Crippen molar-refractivity contribution in [1.29, 1.82) is 0 Å². The zero-order valence-corrected chi connectivity index (χ0v) is 10.8. The number of fused-ring (bicyclic) bond motifs is 2. The minimum Gasteiger partial charge on any atom is -0.481 e. The Morgan fingerprint density at radius 3 is 2.41 bits per heavy atom. The number of hydrogen-bond donors (Lipinski definition) is 2. The first-order chi connectivity index (χ1) is 8.08. The zero-order chi connectivity index (χ0) is 12.1. The highest BCUT2D eigenvalue weighted by Gasteiger charge is 2.65. The van der Waals surface area contributed by atoms with Gasteiger partial charge in [0.1, 0.15) is 0 Å². The van der Waals surface area contributed by atoms with Gasteiger partial charge in [-0.2, -0.15) is 11.8 Å². The lowest BCUT2D eigenvalue weighted by atomic mass is 9.60. The van der Waals surface area contributed by atoms with Gasteiger partial charge in [0.25, 0.3) is 0 Å². The van der Waals surface area contributed by atoms with E-state index in [1.807, 2.05) is 11.8 Å². The number of carbonyl (C=O) groups is 1. The minimum atomic E-state index is -0.941. The highest BCUT2D eigenvalue weighted by molar-refractivity contribution is 7.99. The Hall–Kier alpha value is -0.220. The molecule has 3 fully saturated rings. The molecule has 3 aliphatic rings. The average molecular weight is 256 g/mol. The maximum absolute atomic E-state index is 11.9. The maximum atomic E-state index is 11.9. The second kappa shape index (κ2) is 3.89. The molecule has 3 nitrogen and oxygen atoms in total. The summed E-state index contributed by atoms with van der Waals surface area (Å²) in [5.74, 6) is 1.85. The molecule has 17 heavy (non-hydrogen) atoms. The van der Waals surface area contributed by atoms with Crippen molar-refractivity contribution in [3.8, 4) is 0 Å². The maximum Gasteiger partial charge on any atom is 0.312 e. The van der Waals surface area contributed by atoms with Crippen molar-refractivity contribution in [1.82, 2.24) is 0 Å². The zero-order valence-electron chi connectivity index (χ0n) is 10.0. The van der Waals surface area contributed by atoms with E-state index in [1.54, 1.807) is 0 Å². The van der Waals surface area contributed by atoms with Gasteiger partial charge in [-0.1, -0.05) is 6.42 Å². The average Bonchev–Trinajstić information content (AvgIpc) is 2.90. The van der Waals surface area contributed by atoms with Gasteiger partial charge in [-0.25, -0.2) is 0 Å². The fourth-order valence-electron chi connectivity index (χ4n) is 4.52. The van der Waals surface area contributed by atoms with Crippen molar-refractivity contribution in [2.24, 2.45) is 17.3 Å². The molecule has 0 aromatic heterocycles. The predicted octanol–water partition coefficient (Wildman–Crippen LogP) is 2.14. The number of rotatable bonds is 2. The van der Waals surface area contributed by atoms with Crippen LogP contribution in [-0.2, 0) is 4.79 Å². The minimum absolute atomic E-state index is 0.220.